The van der Waals surface area contributed by atoms with Gasteiger partial charge >= 0.3 is 6.01 Å². The van der Waals surface area contributed by atoms with E-state index in [1.807, 2.05) is 54.6 Å². The van der Waals surface area contributed by atoms with Gasteiger partial charge in [0.05, 0.1) is 0 Å². The molecule has 2 aromatic carbocycles. The molecule has 0 saturated carbocycles. The zero-order valence-corrected chi connectivity index (χ0v) is 14.7. The van der Waals surface area contributed by atoms with Gasteiger partial charge in [-0.15, -0.1) is 0 Å². The fourth-order valence-electron chi connectivity index (χ4n) is 2.41. The van der Waals surface area contributed by atoms with Crippen LogP contribution in [0.15, 0.2) is 67.0 Å². The summed E-state index contributed by atoms with van der Waals surface area (Å²) in [5, 5.41) is 2.91. The van der Waals surface area contributed by atoms with Crippen molar-refractivity contribution in [3.63, 3.8) is 0 Å². The smallest absolute Gasteiger partial charge is 0.321 e. The molecule has 1 aromatic heterocycles. The molecule has 0 saturated heterocycles. The second-order valence-electron chi connectivity index (χ2n) is 5.86. The number of nitrogens with zero attached hydrogens (tertiary/aromatic N) is 2. The van der Waals surface area contributed by atoms with Gasteiger partial charge in [0.15, 0.2) is 0 Å². The minimum absolute atomic E-state index is 0.0483. The Balaban J connectivity index is 1.64. The van der Waals surface area contributed by atoms with Gasteiger partial charge in [-0.2, -0.15) is 0 Å². The molecule has 1 heterocycles. The third-order valence-corrected chi connectivity index (χ3v) is 3.88. The molecule has 3 rings (SSSR count). The summed E-state index contributed by atoms with van der Waals surface area (Å²) >= 11 is 0. The number of ether oxygens (including phenoxy) is 1. The number of hydrogen-bond acceptors (Lipinski definition) is 4. The van der Waals surface area contributed by atoms with Gasteiger partial charge in [-0.1, -0.05) is 43.7 Å². The predicted molar refractivity (Wildman–Crippen MR) is 101 cm³/mol. The fraction of sp³-hybridized carbons (Fsp3) is 0.190. The lowest BCUT2D eigenvalue weighted by molar-refractivity contribution is 0.0953. The Kier molecular flexibility index (Phi) is 5.93. The third kappa shape index (κ3) is 4.66. The number of carbonyl (C=O) groups is 1. The first kappa shape index (κ1) is 17.6. The summed E-state index contributed by atoms with van der Waals surface area (Å²) < 4.78 is 5.59. The van der Waals surface area contributed by atoms with Gasteiger partial charge in [0, 0.05) is 30.1 Å². The number of rotatable bonds is 7. The van der Waals surface area contributed by atoms with E-state index in [0.717, 1.165) is 24.0 Å². The van der Waals surface area contributed by atoms with E-state index in [2.05, 4.69) is 22.2 Å². The number of unbranched alkanes of at least 4 members (excludes halogenated alkanes) is 1. The molecule has 1 amide bonds. The molecule has 0 unspecified atom stereocenters. The first-order chi connectivity index (χ1) is 12.8. The van der Waals surface area contributed by atoms with Crippen LogP contribution in [0.1, 0.15) is 30.1 Å². The predicted octanol–water partition coefficient (Wildman–Crippen LogP) is 4.47. The lowest BCUT2D eigenvalue weighted by Crippen LogP contribution is -2.24. The molecular formula is C21H21N3O2. The highest BCUT2D eigenvalue weighted by Crippen LogP contribution is 2.21. The lowest BCUT2D eigenvalue weighted by Gasteiger charge is -2.07. The zero-order valence-electron chi connectivity index (χ0n) is 14.7. The van der Waals surface area contributed by atoms with Crippen molar-refractivity contribution >= 4 is 5.91 Å². The summed E-state index contributed by atoms with van der Waals surface area (Å²) in [6.45, 7) is 2.80. The van der Waals surface area contributed by atoms with Crippen LogP contribution in [0, 0.1) is 0 Å². The quantitative estimate of drug-likeness (QED) is 0.641. The molecule has 0 bridgehead atoms. The van der Waals surface area contributed by atoms with E-state index >= 15 is 0 Å². The standard InChI is InChI=1S/C21H21N3O2/c1-2-3-13-22-20(25)17-11-9-16(10-12-17)18-14-23-21(24-15-18)26-19-7-5-4-6-8-19/h4-12,14-15H,2-3,13H2,1H3,(H,22,25). The number of hydrogen-bond donors (Lipinski definition) is 1. The van der Waals surface area contributed by atoms with E-state index < -0.39 is 0 Å². The number of aromatic nitrogens is 2. The molecule has 5 nitrogen and oxygen atoms in total. The van der Waals surface area contributed by atoms with Crippen LogP contribution in [0.5, 0.6) is 11.8 Å². The first-order valence-electron chi connectivity index (χ1n) is 8.70. The van der Waals surface area contributed by atoms with Crippen LogP contribution >= 0.6 is 0 Å². The molecule has 1 N–H and O–H groups in total. The van der Waals surface area contributed by atoms with Crippen molar-refractivity contribution in [2.75, 3.05) is 6.54 Å². The summed E-state index contributed by atoms with van der Waals surface area (Å²) in [6, 6.07) is 17.1. The van der Waals surface area contributed by atoms with Gasteiger partial charge in [0.2, 0.25) is 0 Å². The van der Waals surface area contributed by atoms with E-state index in [9.17, 15) is 4.79 Å². The van der Waals surface area contributed by atoms with Crippen LogP contribution in [0.3, 0.4) is 0 Å². The van der Waals surface area contributed by atoms with Crippen molar-refractivity contribution < 1.29 is 9.53 Å². The van der Waals surface area contributed by atoms with Crippen LogP contribution in [0.25, 0.3) is 11.1 Å². The van der Waals surface area contributed by atoms with Gasteiger partial charge in [-0.05, 0) is 36.2 Å². The molecular weight excluding hydrogens is 326 g/mol. The molecule has 0 aliphatic rings. The van der Waals surface area contributed by atoms with E-state index in [1.54, 1.807) is 12.4 Å². The second kappa shape index (κ2) is 8.76. The first-order valence-corrected chi connectivity index (χ1v) is 8.70. The van der Waals surface area contributed by atoms with Crippen molar-refractivity contribution in [3.8, 4) is 22.9 Å². The molecule has 5 heteroatoms. The lowest BCUT2D eigenvalue weighted by atomic mass is 10.1. The van der Waals surface area contributed by atoms with Crippen molar-refractivity contribution in [3.05, 3.63) is 72.6 Å². The minimum Gasteiger partial charge on any atom is -0.424 e. The summed E-state index contributed by atoms with van der Waals surface area (Å²) in [7, 11) is 0. The van der Waals surface area contributed by atoms with Crippen molar-refractivity contribution in [1.29, 1.82) is 0 Å². The number of benzene rings is 2. The molecule has 0 fully saturated rings. The topological polar surface area (TPSA) is 64.1 Å². The summed E-state index contributed by atoms with van der Waals surface area (Å²) in [5.74, 6) is 0.645. The molecule has 132 valence electrons. The van der Waals surface area contributed by atoms with Gasteiger partial charge < -0.3 is 10.1 Å². The highest BCUT2D eigenvalue weighted by atomic mass is 16.5. The van der Waals surface area contributed by atoms with E-state index in [4.69, 9.17) is 4.74 Å². The third-order valence-electron chi connectivity index (χ3n) is 3.88. The van der Waals surface area contributed by atoms with Crippen LogP contribution in [0.4, 0.5) is 0 Å². The summed E-state index contributed by atoms with van der Waals surface area (Å²) in [6.07, 6.45) is 5.46. The SMILES string of the molecule is CCCCNC(=O)c1ccc(-c2cnc(Oc3ccccc3)nc2)cc1. The number of para-hydroxylation sites is 1. The van der Waals surface area contributed by atoms with E-state index in [-0.39, 0.29) is 5.91 Å². The molecule has 0 aliphatic carbocycles. The monoisotopic (exact) mass is 347 g/mol. The maximum Gasteiger partial charge on any atom is 0.321 e. The van der Waals surface area contributed by atoms with Crippen LogP contribution in [-0.4, -0.2) is 22.4 Å². The summed E-state index contributed by atoms with van der Waals surface area (Å²) in [4.78, 5) is 20.5. The van der Waals surface area contributed by atoms with E-state index in [0.29, 0.717) is 23.9 Å². The molecule has 0 aliphatic heterocycles. The zero-order chi connectivity index (χ0) is 18.2. The minimum atomic E-state index is -0.0483. The Labute approximate surface area is 153 Å². The van der Waals surface area contributed by atoms with Crippen LogP contribution < -0.4 is 10.1 Å². The van der Waals surface area contributed by atoms with Crippen LogP contribution in [0.2, 0.25) is 0 Å². The molecule has 0 atom stereocenters. The molecule has 3 aromatic rings. The number of carbonyl (C=O) groups excluding carboxylic acids is 1. The Morgan fingerprint density at radius 2 is 1.65 bits per heavy atom. The Morgan fingerprint density at radius 1 is 0.962 bits per heavy atom. The Hall–Kier alpha value is -3.21. The highest BCUT2D eigenvalue weighted by Gasteiger charge is 2.06. The van der Waals surface area contributed by atoms with Gasteiger partial charge in [0.1, 0.15) is 5.75 Å². The van der Waals surface area contributed by atoms with E-state index in [1.165, 1.54) is 0 Å². The Morgan fingerprint density at radius 3 is 2.31 bits per heavy atom. The average molecular weight is 347 g/mol. The highest BCUT2D eigenvalue weighted by molar-refractivity contribution is 5.94. The normalized spacial score (nSPS) is 10.3. The second-order valence-corrected chi connectivity index (χ2v) is 5.86. The molecule has 0 radical (unpaired) electrons. The maximum atomic E-state index is 12.0. The largest absolute Gasteiger partial charge is 0.424 e. The molecule has 0 spiro atoms. The van der Waals surface area contributed by atoms with Gasteiger partial charge in [-0.3, -0.25) is 4.79 Å². The van der Waals surface area contributed by atoms with Crippen molar-refractivity contribution in [2.24, 2.45) is 0 Å². The number of nitrogens with one attached hydrogen (secondary N) is 1. The average Bonchev–Trinajstić information content (AvgIpc) is 2.70. The van der Waals surface area contributed by atoms with Gasteiger partial charge in [-0.25, -0.2) is 9.97 Å². The van der Waals surface area contributed by atoms with Crippen molar-refractivity contribution in [1.82, 2.24) is 15.3 Å². The fourth-order valence-corrected chi connectivity index (χ4v) is 2.41. The van der Waals surface area contributed by atoms with Crippen LogP contribution in [-0.2, 0) is 0 Å². The van der Waals surface area contributed by atoms with Crippen molar-refractivity contribution in [2.45, 2.75) is 19.8 Å². The summed E-state index contributed by atoms with van der Waals surface area (Å²) in [5.41, 5.74) is 2.46. The maximum absolute atomic E-state index is 12.0. The van der Waals surface area contributed by atoms with Gasteiger partial charge in [0.25, 0.3) is 5.91 Å². The number of amides is 1. The Bertz CT molecular complexity index is 831. The molecule has 26 heavy (non-hydrogen) atoms.